The third kappa shape index (κ3) is 20.6. The van der Waals surface area contributed by atoms with Crippen molar-refractivity contribution in [3.05, 3.63) is 0 Å². The van der Waals surface area contributed by atoms with E-state index in [4.69, 9.17) is 9.79 Å². The van der Waals surface area contributed by atoms with Gasteiger partial charge >= 0.3 is 37.7 Å². The van der Waals surface area contributed by atoms with E-state index in [2.05, 4.69) is 0 Å². The molecule has 0 rings (SSSR count). The Bertz CT molecular complexity index is 374. The van der Waals surface area contributed by atoms with Crippen LogP contribution in [-0.4, -0.2) is 84.1 Å². The fraction of sp³-hybridized carbons (Fsp3) is 0.800. The standard InChI is InChI=1S/2C5H11O4P.Ca/c2*1-2-10(8,9)4-3-5(6)7;/h2*2-4H2,1H3,(H,6,7)(H,8,9);/q;;+2/p-2. The van der Waals surface area contributed by atoms with Crippen LogP contribution in [0.5, 0.6) is 0 Å². The predicted octanol–water partition coefficient (Wildman–Crippen LogP) is -1.55. The third-order valence-corrected chi connectivity index (χ3v) is 6.14. The molecule has 120 valence electrons. The molecular weight excluding hydrogens is 350 g/mol. The monoisotopic (exact) mass is 370 g/mol. The fourth-order valence-corrected chi connectivity index (χ4v) is 2.54. The summed E-state index contributed by atoms with van der Waals surface area (Å²) in [5.41, 5.74) is 0. The average Bonchev–Trinajstić information content (AvgIpc) is 2.35. The molecule has 8 nitrogen and oxygen atoms in total. The quantitative estimate of drug-likeness (QED) is 0.384. The van der Waals surface area contributed by atoms with Crippen LogP contribution in [0.15, 0.2) is 0 Å². The van der Waals surface area contributed by atoms with Gasteiger partial charge in [-0.05, 0) is 12.8 Å². The number of carbonyl (C=O) groups excluding carboxylic acids is 2. The molecule has 21 heavy (non-hydrogen) atoms. The maximum Gasteiger partial charge on any atom is 2.00 e. The van der Waals surface area contributed by atoms with Crippen LogP contribution >= 0.6 is 14.7 Å². The Labute approximate surface area is 153 Å². The molecule has 0 fully saturated rings. The van der Waals surface area contributed by atoms with Gasteiger partial charge in [0.1, 0.15) is 0 Å². The van der Waals surface area contributed by atoms with Gasteiger partial charge in [0, 0.05) is 36.6 Å². The van der Waals surface area contributed by atoms with Crippen LogP contribution < -0.4 is 10.2 Å². The molecular formula is C10H20CaO8P2. The molecule has 0 aromatic rings. The molecule has 2 unspecified atom stereocenters. The first-order valence-corrected chi connectivity index (χ1v) is 10.0. The number of carboxylic acid groups (broad SMARTS) is 2. The SMILES string of the molecule is CCP(=O)(O)CCC(=O)[O-].CCP(=O)(O)CCC(=O)[O-].[Ca+2]. The van der Waals surface area contributed by atoms with E-state index in [9.17, 15) is 28.9 Å². The summed E-state index contributed by atoms with van der Waals surface area (Å²) in [5, 5.41) is 19.6. The molecule has 0 bridgehead atoms. The number of aliphatic carboxylic acids is 2. The van der Waals surface area contributed by atoms with Crippen molar-refractivity contribution >= 4 is 64.4 Å². The van der Waals surface area contributed by atoms with Crippen LogP contribution in [0.1, 0.15) is 26.7 Å². The van der Waals surface area contributed by atoms with Crippen LogP contribution in [0.2, 0.25) is 0 Å². The number of carboxylic acids is 2. The van der Waals surface area contributed by atoms with Crippen LogP contribution in [0.4, 0.5) is 0 Å². The molecule has 0 aromatic carbocycles. The topological polar surface area (TPSA) is 155 Å². The van der Waals surface area contributed by atoms with Crippen molar-refractivity contribution in [2.45, 2.75) is 26.7 Å². The summed E-state index contributed by atoms with van der Waals surface area (Å²) in [6.45, 7) is 3.10. The average molecular weight is 370 g/mol. The van der Waals surface area contributed by atoms with Gasteiger partial charge in [-0.1, -0.05) is 13.8 Å². The molecule has 0 heterocycles. The van der Waals surface area contributed by atoms with E-state index in [1.165, 1.54) is 0 Å². The smallest absolute Gasteiger partial charge is 0.550 e. The molecule has 2 N–H and O–H groups in total. The Balaban J connectivity index is -0.000000295. The molecule has 0 aliphatic rings. The molecule has 2 atom stereocenters. The van der Waals surface area contributed by atoms with Crippen molar-refractivity contribution in [2.75, 3.05) is 24.6 Å². The summed E-state index contributed by atoms with van der Waals surface area (Å²) in [6.07, 6.45) is -0.762. The second-order valence-electron chi connectivity index (χ2n) is 4.02. The normalized spacial score (nSPS) is 15.4. The Morgan fingerprint density at radius 2 is 1.10 bits per heavy atom. The first-order valence-electron chi connectivity index (χ1n) is 5.97. The maximum absolute atomic E-state index is 10.8. The molecule has 0 spiro atoms. The summed E-state index contributed by atoms with van der Waals surface area (Å²) in [5.74, 6) is -2.55. The Morgan fingerprint density at radius 3 is 1.24 bits per heavy atom. The van der Waals surface area contributed by atoms with Gasteiger partial charge in [-0.3, -0.25) is 9.13 Å². The first-order chi connectivity index (χ1) is 8.95. The zero-order valence-corrected chi connectivity index (χ0v) is 16.2. The molecule has 0 amide bonds. The Morgan fingerprint density at radius 1 is 0.857 bits per heavy atom. The fourth-order valence-electron chi connectivity index (χ4n) is 0.848. The minimum Gasteiger partial charge on any atom is -0.550 e. The summed E-state index contributed by atoms with van der Waals surface area (Å²) in [7, 11) is -6.30. The molecule has 0 aliphatic heterocycles. The first kappa shape index (κ1) is 26.5. The van der Waals surface area contributed by atoms with Gasteiger partial charge < -0.3 is 29.6 Å². The second kappa shape index (κ2) is 13.1. The molecule has 0 aliphatic carbocycles. The van der Waals surface area contributed by atoms with Crippen molar-refractivity contribution in [1.82, 2.24) is 0 Å². The van der Waals surface area contributed by atoms with Crippen LogP contribution in [0.25, 0.3) is 0 Å². The van der Waals surface area contributed by atoms with Crippen molar-refractivity contribution in [2.24, 2.45) is 0 Å². The zero-order chi connectivity index (χ0) is 16.4. The van der Waals surface area contributed by atoms with Crippen molar-refractivity contribution < 1.29 is 38.7 Å². The van der Waals surface area contributed by atoms with Crippen molar-refractivity contribution in [3.63, 3.8) is 0 Å². The maximum atomic E-state index is 10.8. The molecule has 0 radical (unpaired) electrons. The number of rotatable bonds is 8. The van der Waals surface area contributed by atoms with E-state index in [0.29, 0.717) is 0 Å². The van der Waals surface area contributed by atoms with E-state index < -0.39 is 26.7 Å². The molecule has 11 heteroatoms. The minimum atomic E-state index is -3.15. The van der Waals surface area contributed by atoms with Gasteiger partial charge in [-0.2, -0.15) is 0 Å². The predicted molar refractivity (Wildman–Crippen MR) is 75.5 cm³/mol. The van der Waals surface area contributed by atoms with Gasteiger partial charge in [0.2, 0.25) is 14.7 Å². The Hall–Kier alpha value is 0.580. The summed E-state index contributed by atoms with van der Waals surface area (Å²) in [4.78, 5) is 37.3. The summed E-state index contributed by atoms with van der Waals surface area (Å²) in [6, 6.07) is 0. The van der Waals surface area contributed by atoms with Crippen molar-refractivity contribution in [3.8, 4) is 0 Å². The van der Waals surface area contributed by atoms with Gasteiger partial charge in [0.25, 0.3) is 0 Å². The summed E-state index contributed by atoms with van der Waals surface area (Å²) < 4.78 is 21.5. The van der Waals surface area contributed by atoms with E-state index >= 15 is 0 Å². The molecule has 0 saturated heterocycles. The zero-order valence-electron chi connectivity index (χ0n) is 12.2. The van der Waals surface area contributed by atoms with Crippen molar-refractivity contribution in [1.29, 1.82) is 0 Å². The van der Waals surface area contributed by atoms with Gasteiger partial charge in [0.15, 0.2) is 0 Å². The van der Waals surface area contributed by atoms with Crippen LogP contribution in [0.3, 0.4) is 0 Å². The number of carbonyl (C=O) groups is 2. The molecule has 0 saturated carbocycles. The third-order valence-electron chi connectivity index (χ3n) is 2.32. The van der Waals surface area contributed by atoms with Crippen LogP contribution in [-0.2, 0) is 18.7 Å². The minimum absolute atomic E-state index is 0. The second-order valence-corrected chi connectivity index (χ2v) is 9.56. The van der Waals surface area contributed by atoms with E-state index in [1.807, 2.05) is 0 Å². The van der Waals surface area contributed by atoms with Crippen LogP contribution in [0, 0.1) is 0 Å². The molecule has 0 aromatic heterocycles. The van der Waals surface area contributed by atoms with Gasteiger partial charge in [-0.25, -0.2) is 0 Å². The van der Waals surface area contributed by atoms with Gasteiger partial charge in [-0.15, -0.1) is 0 Å². The van der Waals surface area contributed by atoms with E-state index in [-0.39, 0.29) is 75.2 Å². The van der Waals surface area contributed by atoms with E-state index in [1.54, 1.807) is 13.8 Å². The Kier molecular flexibility index (Phi) is 16.5. The largest absolute Gasteiger partial charge is 2.00 e. The van der Waals surface area contributed by atoms with Gasteiger partial charge in [0.05, 0.1) is 0 Å². The summed E-state index contributed by atoms with van der Waals surface area (Å²) >= 11 is 0. The number of hydrogen-bond acceptors (Lipinski definition) is 6. The number of hydrogen-bond donors (Lipinski definition) is 2. The van der Waals surface area contributed by atoms with E-state index in [0.717, 1.165) is 0 Å².